The molecule has 1 saturated heterocycles. The van der Waals surface area contributed by atoms with Crippen LogP contribution in [0.5, 0.6) is 0 Å². The van der Waals surface area contributed by atoms with Gasteiger partial charge in [-0.3, -0.25) is 14.4 Å². The van der Waals surface area contributed by atoms with Crippen LogP contribution in [0.1, 0.15) is 23.7 Å². The molecule has 0 saturated carbocycles. The van der Waals surface area contributed by atoms with E-state index in [-0.39, 0.29) is 23.5 Å². The Morgan fingerprint density at radius 1 is 1.18 bits per heavy atom. The largest absolute Gasteiger partial charge is 0.366 e. The lowest BCUT2D eigenvalue weighted by atomic mass is 9.71. The van der Waals surface area contributed by atoms with E-state index in [0.717, 1.165) is 0 Å². The second kappa shape index (κ2) is 5.40. The van der Waals surface area contributed by atoms with Gasteiger partial charge >= 0.3 is 0 Å². The van der Waals surface area contributed by atoms with Gasteiger partial charge in [0.2, 0.25) is 5.91 Å². The Labute approximate surface area is 128 Å². The van der Waals surface area contributed by atoms with Crippen molar-refractivity contribution in [2.75, 3.05) is 6.54 Å². The number of hydrogen-bond acceptors (Lipinski definition) is 3. The Bertz CT molecular complexity index is 666. The van der Waals surface area contributed by atoms with Crippen LogP contribution in [0.2, 0.25) is 0 Å². The number of carbonyl (C=O) groups excluding carboxylic acids is 3. The van der Waals surface area contributed by atoms with Crippen molar-refractivity contribution in [2.24, 2.45) is 17.6 Å². The number of benzene rings is 1. The molecule has 5 nitrogen and oxygen atoms in total. The molecule has 0 spiro atoms. The van der Waals surface area contributed by atoms with Crippen LogP contribution in [0, 0.1) is 11.8 Å². The molecule has 1 aromatic carbocycles. The maximum atomic E-state index is 12.8. The SMILES string of the molecule is CC(=O)C1CC2C=C(C(N)=O)C1N(C(=O)c1ccccc1)C2. The third kappa shape index (κ3) is 2.32. The number of rotatable bonds is 3. The maximum absolute atomic E-state index is 12.8. The fraction of sp³-hybridized carbons (Fsp3) is 0.353. The maximum Gasteiger partial charge on any atom is 0.254 e. The van der Waals surface area contributed by atoms with Gasteiger partial charge in [0.05, 0.1) is 6.04 Å². The minimum atomic E-state index is -0.550. The van der Waals surface area contributed by atoms with Crippen LogP contribution in [0.25, 0.3) is 0 Å². The van der Waals surface area contributed by atoms with Gasteiger partial charge < -0.3 is 10.6 Å². The minimum absolute atomic E-state index is 0.00703. The first-order valence-electron chi connectivity index (χ1n) is 7.37. The Kier molecular flexibility index (Phi) is 3.56. The molecule has 2 heterocycles. The summed E-state index contributed by atoms with van der Waals surface area (Å²) in [6.07, 6.45) is 2.51. The van der Waals surface area contributed by atoms with E-state index < -0.39 is 11.9 Å². The van der Waals surface area contributed by atoms with E-state index >= 15 is 0 Å². The van der Waals surface area contributed by atoms with E-state index in [1.807, 2.05) is 12.1 Å². The third-order valence-electron chi connectivity index (χ3n) is 4.53. The van der Waals surface area contributed by atoms with Crippen molar-refractivity contribution >= 4 is 17.6 Å². The highest BCUT2D eigenvalue weighted by atomic mass is 16.2. The first-order valence-corrected chi connectivity index (χ1v) is 7.37. The Morgan fingerprint density at radius 3 is 2.45 bits per heavy atom. The molecule has 3 unspecified atom stereocenters. The average Bonchev–Trinajstić information content (AvgIpc) is 2.54. The fourth-order valence-electron chi connectivity index (χ4n) is 3.54. The van der Waals surface area contributed by atoms with Gasteiger partial charge in [-0.2, -0.15) is 0 Å². The molecule has 1 aromatic rings. The molecule has 3 atom stereocenters. The molecule has 0 radical (unpaired) electrons. The summed E-state index contributed by atoms with van der Waals surface area (Å²) in [6, 6.07) is 8.37. The number of ketones is 1. The summed E-state index contributed by atoms with van der Waals surface area (Å²) in [5.41, 5.74) is 6.41. The summed E-state index contributed by atoms with van der Waals surface area (Å²) in [7, 11) is 0. The summed E-state index contributed by atoms with van der Waals surface area (Å²) in [5, 5.41) is 0. The van der Waals surface area contributed by atoms with Crippen molar-refractivity contribution in [3.63, 3.8) is 0 Å². The first kappa shape index (κ1) is 14.5. The van der Waals surface area contributed by atoms with Crippen molar-refractivity contribution in [2.45, 2.75) is 19.4 Å². The fourth-order valence-corrected chi connectivity index (χ4v) is 3.54. The summed E-state index contributed by atoms with van der Waals surface area (Å²) in [5.74, 6) is -1.06. The number of amides is 2. The van der Waals surface area contributed by atoms with Crippen LogP contribution < -0.4 is 5.73 Å². The Balaban J connectivity index is 1.99. The minimum Gasteiger partial charge on any atom is -0.366 e. The Hall–Kier alpha value is -2.43. The topological polar surface area (TPSA) is 80.5 Å². The quantitative estimate of drug-likeness (QED) is 0.909. The van der Waals surface area contributed by atoms with Gasteiger partial charge in [0, 0.05) is 23.6 Å². The molecule has 2 N–H and O–H groups in total. The van der Waals surface area contributed by atoms with E-state index in [9.17, 15) is 14.4 Å². The van der Waals surface area contributed by atoms with Gasteiger partial charge in [-0.05, 0) is 31.4 Å². The zero-order chi connectivity index (χ0) is 15.9. The van der Waals surface area contributed by atoms with Gasteiger partial charge in [-0.25, -0.2) is 0 Å². The number of carbonyl (C=O) groups is 3. The van der Waals surface area contributed by atoms with Crippen molar-refractivity contribution in [3.8, 4) is 0 Å². The molecule has 22 heavy (non-hydrogen) atoms. The van der Waals surface area contributed by atoms with Crippen LogP contribution >= 0.6 is 0 Å². The lowest BCUT2D eigenvalue weighted by Crippen LogP contribution is -2.58. The van der Waals surface area contributed by atoms with Crippen molar-refractivity contribution in [3.05, 3.63) is 47.5 Å². The van der Waals surface area contributed by atoms with E-state index in [1.165, 1.54) is 6.92 Å². The van der Waals surface area contributed by atoms with E-state index in [2.05, 4.69) is 0 Å². The molecule has 2 amide bonds. The van der Waals surface area contributed by atoms with E-state index in [4.69, 9.17) is 5.73 Å². The van der Waals surface area contributed by atoms with Crippen LogP contribution in [-0.4, -0.2) is 35.1 Å². The summed E-state index contributed by atoms with van der Waals surface area (Å²) in [6.45, 7) is 2.04. The van der Waals surface area contributed by atoms with E-state index in [0.29, 0.717) is 24.1 Å². The van der Waals surface area contributed by atoms with Crippen LogP contribution in [-0.2, 0) is 9.59 Å². The number of piperidine rings is 1. The van der Waals surface area contributed by atoms with Crippen molar-refractivity contribution in [1.29, 1.82) is 0 Å². The van der Waals surface area contributed by atoms with E-state index in [1.54, 1.807) is 29.2 Å². The highest BCUT2D eigenvalue weighted by Gasteiger charge is 2.47. The van der Waals surface area contributed by atoms with Gasteiger partial charge in [0.1, 0.15) is 5.78 Å². The molecule has 5 heteroatoms. The first-order chi connectivity index (χ1) is 10.5. The zero-order valence-electron chi connectivity index (χ0n) is 12.4. The second-order valence-corrected chi connectivity index (χ2v) is 5.97. The molecule has 1 fully saturated rings. The van der Waals surface area contributed by atoms with Crippen molar-refractivity contribution in [1.82, 2.24) is 4.90 Å². The smallest absolute Gasteiger partial charge is 0.254 e. The van der Waals surface area contributed by atoms with Gasteiger partial charge in [-0.15, -0.1) is 0 Å². The molecule has 4 rings (SSSR count). The van der Waals surface area contributed by atoms with Gasteiger partial charge in [0.25, 0.3) is 5.91 Å². The molecule has 1 aliphatic carbocycles. The lowest BCUT2D eigenvalue weighted by Gasteiger charge is -2.47. The number of nitrogens with two attached hydrogens (primary N) is 1. The Morgan fingerprint density at radius 2 is 1.86 bits per heavy atom. The van der Waals surface area contributed by atoms with Crippen LogP contribution in [0.4, 0.5) is 0 Å². The second-order valence-electron chi connectivity index (χ2n) is 5.97. The molecule has 2 bridgehead atoms. The molecule has 2 aliphatic heterocycles. The predicted octanol–water partition coefficient (Wildman–Crippen LogP) is 1.15. The molecular formula is C17H18N2O3. The number of nitrogens with zero attached hydrogens (tertiary/aromatic N) is 1. The highest BCUT2D eigenvalue weighted by molar-refractivity contribution is 6.00. The summed E-state index contributed by atoms with van der Waals surface area (Å²) < 4.78 is 0. The molecule has 3 aliphatic rings. The van der Waals surface area contributed by atoms with Crippen LogP contribution in [0.15, 0.2) is 42.0 Å². The van der Waals surface area contributed by atoms with Gasteiger partial charge in [0.15, 0.2) is 0 Å². The summed E-state index contributed by atoms with van der Waals surface area (Å²) in [4.78, 5) is 38.1. The normalized spacial score (nSPS) is 26.5. The number of hydrogen-bond donors (Lipinski definition) is 1. The van der Waals surface area contributed by atoms with Crippen LogP contribution in [0.3, 0.4) is 0 Å². The number of fused-ring (bicyclic) bond motifs is 2. The predicted molar refractivity (Wildman–Crippen MR) is 80.8 cm³/mol. The number of Topliss-reactive ketones (excluding diaryl/α,β-unsaturated/α-hetero) is 1. The van der Waals surface area contributed by atoms with Crippen molar-refractivity contribution < 1.29 is 14.4 Å². The van der Waals surface area contributed by atoms with Gasteiger partial charge in [-0.1, -0.05) is 24.3 Å². The average molecular weight is 298 g/mol. The molecular weight excluding hydrogens is 280 g/mol. The third-order valence-corrected chi connectivity index (χ3v) is 4.53. The zero-order valence-corrected chi connectivity index (χ0v) is 12.4. The molecule has 0 aromatic heterocycles. The lowest BCUT2D eigenvalue weighted by molar-refractivity contribution is -0.125. The highest BCUT2D eigenvalue weighted by Crippen LogP contribution is 2.39. The summed E-state index contributed by atoms with van der Waals surface area (Å²) >= 11 is 0. The molecule has 114 valence electrons. The monoisotopic (exact) mass is 298 g/mol. The number of primary amides is 1. The standard InChI is InChI=1S/C17H18N2O3/c1-10(20)13-7-11-8-14(16(18)21)15(13)19(9-11)17(22)12-5-3-2-4-6-12/h2-6,8,11,13,15H,7,9H2,1H3,(H2,18,21).